The van der Waals surface area contributed by atoms with Crippen LogP contribution in [-0.4, -0.2) is 22.1 Å². The number of rotatable bonds is 1. The van der Waals surface area contributed by atoms with Crippen LogP contribution in [0.1, 0.15) is 26.6 Å². The van der Waals surface area contributed by atoms with Crippen molar-refractivity contribution in [3.63, 3.8) is 0 Å². The monoisotopic (exact) mass is 283 g/mol. The first kappa shape index (κ1) is 11.4. The predicted octanol–water partition coefficient (Wildman–Crippen LogP) is 3.03. The van der Waals surface area contributed by atoms with Crippen molar-refractivity contribution < 1.29 is 4.74 Å². The highest BCUT2D eigenvalue weighted by Gasteiger charge is 2.21. The van der Waals surface area contributed by atoms with Gasteiger partial charge in [-0.25, -0.2) is 9.97 Å². The van der Waals surface area contributed by atoms with Crippen molar-refractivity contribution in [3.05, 3.63) is 16.5 Å². The maximum Gasteiger partial charge on any atom is 0.239 e. The van der Waals surface area contributed by atoms with E-state index in [0.29, 0.717) is 5.88 Å². The molecule has 16 heavy (non-hydrogen) atoms. The Morgan fingerprint density at radius 3 is 2.62 bits per heavy atom. The first-order chi connectivity index (χ1) is 7.43. The molecule has 0 amide bonds. The zero-order valence-electron chi connectivity index (χ0n) is 9.76. The number of fused-ring (bicyclic) bond motifs is 1. The lowest BCUT2D eigenvalue weighted by Crippen LogP contribution is -2.13. The molecule has 0 aromatic carbocycles. The maximum absolute atomic E-state index is 5.21. The fraction of sp³-hybridized carbons (Fsp3) is 0.455. The summed E-state index contributed by atoms with van der Waals surface area (Å²) in [6.45, 7) is 6.33. The van der Waals surface area contributed by atoms with Gasteiger partial charge in [0.1, 0.15) is 16.9 Å². The van der Waals surface area contributed by atoms with Gasteiger partial charge < -0.3 is 9.72 Å². The summed E-state index contributed by atoms with van der Waals surface area (Å²) in [7, 11) is 1.60. The summed E-state index contributed by atoms with van der Waals surface area (Å²) in [6, 6.07) is 0. The third-order valence-corrected chi connectivity index (χ3v) is 2.92. The van der Waals surface area contributed by atoms with Crippen LogP contribution >= 0.6 is 15.9 Å². The molecule has 86 valence electrons. The lowest BCUT2D eigenvalue weighted by Gasteiger charge is -2.13. The number of aromatic nitrogens is 3. The summed E-state index contributed by atoms with van der Waals surface area (Å²) < 4.78 is 6.08. The lowest BCUT2D eigenvalue weighted by atomic mass is 9.96. The first-order valence-electron chi connectivity index (χ1n) is 5.02. The first-order valence-corrected chi connectivity index (χ1v) is 5.81. The molecule has 0 unspecified atom stereocenters. The van der Waals surface area contributed by atoms with E-state index in [1.807, 2.05) is 0 Å². The number of hydrogen-bond donors (Lipinski definition) is 1. The van der Waals surface area contributed by atoms with Crippen LogP contribution in [-0.2, 0) is 5.41 Å². The van der Waals surface area contributed by atoms with E-state index in [1.54, 1.807) is 13.3 Å². The fourth-order valence-corrected chi connectivity index (χ4v) is 1.84. The summed E-state index contributed by atoms with van der Waals surface area (Å²) in [4.78, 5) is 12.0. The van der Waals surface area contributed by atoms with Gasteiger partial charge in [-0.3, -0.25) is 0 Å². The summed E-state index contributed by atoms with van der Waals surface area (Å²) >= 11 is 3.44. The van der Waals surface area contributed by atoms with E-state index in [2.05, 4.69) is 51.7 Å². The van der Waals surface area contributed by atoms with E-state index in [1.165, 1.54) is 0 Å². The Morgan fingerprint density at radius 2 is 2.06 bits per heavy atom. The van der Waals surface area contributed by atoms with Gasteiger partial charge in [0.25, 0.3) is 0 Å². The quantitative estimate of drug-likeness (QED) is 0.875. The minimum absolute atomic E-state index is 0.0243. The Bertz CT molecular complexity index is 528. The molecule has 2 aromatic heterocycles. The summed E-state index contributed by atoms with van der Waals surface area (Å²) in [5.74, 6) is 1.50. The number of aromatic amines is 1. The molecule has 2 aromatic rings. The van der Waals surface area contributed by atoms with Crippen LogP contribution in [0.25, 0.3) is 11.0 Å². The highest BCUT2D eigenvalue weighted by molar-refractivity contribution is 9.10. The molecule has 1 N–H and O–H groups in total. The second kappa shape index (κ2) is 3.73. The summed E-state index contributed by atoms with van der Waals surface area (Å²) in [6.07, 6.45) is 1.70. The number of H-pyrrole nitrogens is 1. The number of nitrogens with zero attached hydrogens (tertiary/aromatic N) is 2. The summed E-state index contributed by atoms with van der Waals surface area (Å²) in [5, 5.41) is 0. The van der Waals surface area contributed by atoms with Crippen molar-refractivity contribution in [2.24, 2.45) is 0 Å². The molecule has 4 nitrogen and oxygen atoms in total. The van der Waals surface area contributed by atoms with Crippen molar-refractivity contribution in [2.45, 2.75) is 26.2 Å². The van der Waals surface area contributed by atoms with Crippen molar-refractivity contribution in [1.82, 2.24) is 15.0 Å². The Balaban J connectivity index is 2.73. The normalized spacial score (nSPS) is 12.1. The number of methoxy groups -OCH3 is 1. The minimum Gasteiger partial charge on any atom is -0.479 e. The highest BCUT2D eigenvalue weighted by atomic mass is 79.9. The van der Waals surface area contributed by atoms with E-state index < -0.39 is 0 Å². The van der Waals surface area contributed by atoms with Crippen LogP contribution < -0.4 is 4.74 Å². The predicted molar refractivity (Wildman–Crippen MR) is 66.8 cm³/mol. The molecule has 0 atom stereocenters. The van der Waals surface area contributed by atoms with Crippen LogP contribution in [0, 0.1) is 0 Å². The molecule has 0 bridgehead atoms. The Labute approximate surface area is 103 Å². The zero-order chi connectivity index (χ0) is 11.9. The molecule has 2 heterocycles. The van der Waals surface area contributed by atoms with Gasteiger partial charge in [0.2, 0.25) is 5.88 Å². The molecular formula is C11H14BrN3O. The molecule has 0 fully saturated rings. The molecule has 0 aliphatic heterocycles. The molecule has 0 spiro atoms. The second-order valence-corrected chi connectivity index (χ2v) is 5.53. The van der Waals surface area contributed by atoms with Gasteiger partial charge in [-0.1, -0.05) is 20.8 Å². The number of hydrogen-bond acceptors (Lipinski definition) is 3. The van der Waals surface area contributed by atoms with Gasteiger partial charge in [0.05, 0.1) is 11.6 Å². The van der Waals surface area contributed by atoms with Gasteiger partial charge in [0.15, 0.2) is 0 Å². The van der Waals surface area contributed by atoms with E-state index in [-0.39, 0.29) is 5.41 Å². The number of ether oxygens (including phenoxy) is 1. The maximum atomic E-state index is 5.21. The van der Waals surface area contributed by atoms with Crippen molar-refractivity contribution in [3.8, 4) is 5.88 Å². The molecule has 0 saturated heterocycles. The van der Waals surface area contributed by atoms with Crippen LogP contribution in [0.4, 0.5) is 0 Å². The molecule has 0 aliphatic rings. The van der Waals surface area contributed by atoms with Crippen LogP contribution in [0.3, 0.4) is 0 Å². The number of imidazole rings is 1. The van der Waals surface area contributed by atoms with E-state index in [4.69, 9.17) is 4.74 Å². The number of halogens is 1. The number of nitrogens with one attached hydrogen (secondary N) is 1. The van der Waals surface area contributed by atoms with E-state index in [9.17, 15) is 0 Å². The summed E-state index contributed by atoms with van der Waals surface area (Å²) in [5.41, 5.74) is 1.67. The van der Waals surface area contributed by atoms with Crippen molar-refractivity contribution in [2.75, 3.05) is 7.11 Å². The third kappa shape index (κ3) is 1.80. The average molecular weight is 284 g/mol. The molecular weight excluding hydrogens is 270 g/mol. The molecule has 2 rings (SSSR count). The van der Waals surface area contributed by atoms with Crippen molar-refractivity contribution >= 4 is 27.0 Å². The Morgan fingerprint density at radius 1 is 1.38 bits per heavy atom. The van der Waals surface area contributed by atoms with Gasteiger partial charge >= 0.3 is 0 Å². The smallest absolute Gasteiger partial charge is 0.239 e. The third-order valence-electron chi connectivity index (χ3n) is 2.34. The zero-order valence-corrected chi connectivity index (χ0v) is 11.3. The standard InChI is InChI=1S/C11H14BrN3O/c1-11(2,3)10-14-7-6(12)5-13-9(16-4)8(7)15-10/h5H,1-4H3,(H,14,15). The van der Waals surface area contributed by atoms with E-state index in [0.717, 1.165) is 21.3 Å². The van der Waals surface area contributed by atoms with Gasteiger partial charge in [-0.15, -0.1) is 0 Å². The molecule has 5 heteroatoms. The topological polar surface area (TPSA) is 50.8 Å². The van der Waals surface area contributed by atoms with Crippen LogP contribution in [0.5, 0.6) is 5.88 Å². The van der Waals surface area contributed by atoms with Gasteiger partial charge in [0, 0.05) is 11.6 Å². The van der Waals surface area contributed by atoms with Crippen LogP contribution in [0.15, 0.2) is 10.7 Å². The van der Waals surface area contributed by atoms with Gasteiger partial charge in [-0.05, 0) is 15.9 Å². The SMILES string of the molecule is COc1ncc(Br)c2nc(C(C)(C)C)[nH]c12. The second-order valence-electron chi connectivity index (χ2n) is 4.67. The minimum atomic E-state index is -0.0243. The van der Waals surface area contributed by atoms with Crippen LogP contribution in [0.2, 0.25) is 0 Å². The fourth-order valence-electron chi connectivity index (χ4n) is 1.45. The molecule has 0 saturated carbocycles. The van der Waals surface area contributed by atoms with Crippen molar-refractivity contribution in [1.29, 1.82) is 0 Å². The largest absolute Gasteiger partial charge is 0.479 e. The Kier molecular flexibility index (Phi) is 2.66. The molecule has 0 radical (unpaired) electrons. The highest BCUT2D eigenvalue weighted by Crippen LogP contribution is 2.30. The molecule has 0 aliphatic carbocycles. The van der Waals surface area contributed by atoms with Gasteiger partial charge in [-0.2, -0.15) is 0 Å². The lowest BCUT2D eigenvalue weighted by molar-refractivity contribution is 0.402. The Hall–Kier alpha value is -1.10. The number of pyridine rings is 1. The average Bonchev–Trinajstić information content (AvgIpc) is 2.63. The van der Waals surface area contributed by atoms with E-state index >= 15 is 0 Å².